The molecule has 74 valence electrons. The fraction of sp³-hybridized carbons (Fsp3) is 0.500. The minimum atomic E-state index is 1.03. The van der Waals surface area contributed by atoms with E-state index in [9.17, 15) is 0 Å². The van der Waals surface area contributed by atoms with Crippen molar-refractivity contribution in [3.05, 3.63) is 37.1 Å². The maximum Gasteiger partial charge on any atom is 0.0359 e. The molecule has 0 saturated heterocycles. The van der Waals surface area contributed by atoms with Crippen molar-refractivity contribution in [3.8, 4) is 0 Å². The molecular formula is C12H21N. The summed E-state index contributed by atoms with van der Waals surface area (Å²) in [4.78, 5) is 2.32. The van der Waals surface area contributed by atoms with E-state index in [1.807, 2.05) is 18.2 Å². The topological polar surface area (TPSA) is 3.24 Å². The Hall–Kier alpha value is -0.980. The quantitative estimate of drug-likeness (QED) is 0.542. The van der Waals surface area contributed by atoms with Crippen LogP contribution in [-0.4, -0.2) is 18.0 Å². The number of nitrogens with zero attached hydrogens (tertiary/aromatic N) is 1. The molecule has 0 amide bonds. The van der Waals surface area contributed by atoms with Crippen molar-refractivity contribution in [3.63, 3.8) is 0 Å². The molecule has 0 bridgehead atoms. The number of unbranched alkanes of at least 4 members (excludes halogenated alkanes) is 1. The largest absolute Gasteiger partial charge is 0.372 e. The second kappa shape index (κ2) is 7.66. The Kier molecular flexibility index (Phi) is 7.08. The Morgan fingerprint density at radius 1 is 1.31 bits per heavy atom. The lowest BCUT2D eigenvalue weighted by Gasteiger charge is -2.23. The molecule has 13 heavy (non-hydrogen) atoms. The zero-order valence-electron chi connectivity index (χ0n) is 8.92. The van der Waals surface area contributed by atoms with Crippen LogP contribution in [0.3, 0.4) is 0 Å². The number of likely N-dealkylation sites (N-methyl/N-ethyl adjacent to an activating group) is 1. The molecule has 0 radical (unpaired) electrons. The third-order valence-electron chi connectivity index (χ3n) is 2.03. The maximum atomic E-state index is 3.80. The van der Waals surface area contributed by atoms with Gasteiger partial charge in [-0.15, -0.1) is 0 Å². The highest BCUT2D eigenvalue weighted by Crippen LogP contribution is 2.07. The Morgan fingerprint density at radius 2 is 2.00 bits per heavy atom. The summed E-state index contributed by atoms with van der Waals surface area (Å²) in [6.45, 7) is 14.0. The summed E-state index contributed by atoms with van der Waals surface area (Å²) in [5, 5.41) is 0. The highest BCUT2D eigenvalue weighted by atomic mass is 15.1. The molecule has 0 heterocycles. The van der Waals surface area contributed by atoms with Crippen molar-refractivity contribution in [1.29, 1.82) is 0 Å². The summed E-state index contributed by atoms with van der Waals surface area (Å²) in [5.74, 6) is 0. The molecule has 0 unspecified atom stereocenters. The van der Waals surface area contributed by atoms with E-state index < -0.39 is 0 Å². The fourth-order valence-corrected chi connectivity index (χ4v) is 1.24. The van der Waals surface area contributed by atoms with Crippen molar-refractivity contribution in [1.82, 2.24) is 4.90 Å². The maximum absolute atomic E-state index is 3.80. The van der Waals surface area contributed by atoms with Gasteiger partial charge in [0.05, 0.1) is 0 Å². The van der Waals surface area contributed by atoms with Crippen LogP contribution in [0.5, 0.6) is 0 Å². The number of rotatable bonds is 7. The number of hydrogen-bond acceptors (Lipinski definition) is 1. The van der Waals surface area contributed by atoms with Crippen LogP contribution in [0.25, 0.3) is 0 Å². The Bertz CT molecular complexity index is 180. The Morgan fingerprint density at radius 3 is 2.38 bits per heavy atom. The van der Waals surface area contributed by atoms with Gasteiger partial charge in [0, 0.05) is 18.8 Å². The number of hydrogen-bond donors (Lipinski definition) is 0. The van der Waals surface area contributed by atoms with Gasteiger partial charge in [0.15, 0.2) is 0 Å². The molecule has 0 aromatic heterocycles. The highest BCUT2D eigenvalue weighted by Gasteiger charge is 2.01. The van der Waals surface area contributed by atoms with E-state index in [1.54, 1.807) is 0 Å². The first-order valence-electron chi connectivity index (χ1n) is 5.00. The molecule has 0 atom stereocenters. The van der Waals surface area contributed by atoms with Crippen LogP contribution in [0.15, 0.2) is 37.1 Å². The van der Waals surface area contributed by atoms with E-state index in [1.165, 1.54) is 18.5 Å². The molecule has 0 aliphatic heterocycles. The average Bonchev–Trinajstić information content (AvgIpc) is 2.17. The SMILES string of the molecule is C=C/C=C(\C=C)N(CC)CCCC. The predicted molar refractivity (Wildman–Crippen MR) is 60.6 cm³/mol. The van der Waals surface area contributed by atoms with Gasteiger partial charge in [-0.1, -0.05) is 32.6 Å². The van der Waals surface area contributed by atoms with Crippen LogP contribution in [0.2, 0.25) is 0 Å². The molecule has 1 heteroatoms. The molecular weight excluding hydrogens is 158 g/mol. The van der Waals surface area contributed by atoms with Gasteiger partial charge in [0.25, 0.3) is 0 Å². The molecule has 0 N–H and O–H groups in total. The molecule has 0 fully saturated rings. The van der Waals surface area contributed by atoms with Gasteiger partial charge in [-0.2, -0.15) is 0 Å². The van der Waals surface area contributed by atoms with Crippen LogP contribution in [-0.2, 0) is 0 Å². The van der Waals surface area contributed by atoms with Crippen molar-refractivity contribution < 1.29 is 0 Å². The molecule has 0 rings (SSSR count). The molecule has 0 spiro atoms. The minimum absolute atomic E-state index is 1.03. The van der Waals surface area contributed by atoms with Gasteiger partial charge < -0.3 is 4.90 Å². The van der Waals surface area contributed by atoms with Crippen molar-refractivity contribution in [2.24, 2.45) is 0 Å². The van der Waals surface area contributed by atoms with Crippen LogP contribution in [0.1, 0.15) is 26.7 Å². The van der Waals surface area contributed by atoms with Gasteiger partial charge in [-0.25, -0.2) is 0 Å². The van der Waals surface area contributed by atoms with Crippen LogP contribution < -0.4 is 0 Å². The highest BCUT2D eigenvalue weighted by molar-refractivity contribution is 5.19. The van der Waals surface area contributed by atoms with E-state index in [2.05, 4.69) is 31.9 Å². The van der Waals surface area contributed by atoms with E-state index in [0.717, 1.165) is 13.1 Å². The second-order valence-corrected chi connectivity index (χ2v) is 2.96. The monoisotopic (exact) mass is 179 g/mol. The summed E-state index contributed by atoms with van der Waals surface area (Å²) in [7, 11) is 0. The third kappa shape index (κ3) is 4.56. The normalized spacial score (nSPS) is 11.1. The Labute approximate surface area is 82.4 Å². The number of allylic oxidation sites excluding steroid dienone is 3. The van der Waals surface area contributed by atoms with Crippen molar-refractivity contribution >= 4 is 0 Å². The molecule has 0 aromatic rings. The third-order valence-corrected chi connectivity index (χ3v) is 2.03. The first-order chi connectivity index (χ1) is 6.29. The van der Waals surface area contributed by atoms with E-state index in [0.29, 0.717) is 0 Å². The Balaban J connectivity index is 4.24. The summed E-state index contributed by atoms with van der Waals surface area (Å²) in [6, 6.07) is 0. The fourth-order valence-electron chi connectivity index (χ4n) is 1.24. The molecule has 0 saturated carbocycles. The summed E-state index contributed by atoms with van der Waals surface area (Å²) in [5.41, 5.74) is 1.17. The average molecular weight is 179 g/mol. The standard InChI is InChI=1S/C12H21N/c1-5-9-11-13(8-4)12(7-3)10-6-2/h6-7,10H,2-3,5,8-9,11H2,1,4H3/b12-10+. The molecule has 0 aliphatic carbocycles. The van der Waals surface area contributed by atoms with E-state index in [-0.39, 0.29) is 0 Å². The smallest absolute Gasteiger partial charge is 0.0359 e. The lowest BCUT2D eigenvalue weighted by Crippen LogP contribution is -2.22. The molecule has 0 aromatic carbocycles. The minimum Gasteiger partial charge on any atom is -0.372 e. The molecule has 0 aliphatic rings. The van der Waals surface area contributed by atoms with Crippen LogP contribution in [0, 0.1) is 0 Å². The summed E-state index contributed by atoms with van der Waals surface area (Å²) < 4.78 is 0. The molecule has 1 nitrogen and oxygen atoms in total. The van der Waals surface area contributed by atoms with Crippen molar-refractivity contribution in [2.75, 3.05) is 13.1 Å². The second-order valence-electron chi connectivity index (χ2n) is 2.96. The van der Waals surface area contributed by atoms with Crippen molar-refractivity contribution in [2.45, 2.75) is 26.7 Å². The van der Waals surface area contributed by atoms with Gasteiger partial charge in [-0.3, -0.25) is 0 Å². The van der Waals surface area contributed by atoms with Crippen LogP contribution >= 0.6 is 0 Å². The van der Waals surface area contributed by atoms with Gasteiger partial charge in [-0.05, 0) is 25.5 Å². The van der Waals surface area contributed by atoms with E-state index in [4.69, 9.17) is 0 Å². The first kappa shape index (κ1) is 12.0. The lowest BCUT2D eigenvalue weighted by molar-refractivity contribution is 0.365. The zero-order valence-corrected chi connectivity index (χ0v) is 8.92. The first-order valence-corrected chi connectivity index (χ1v) is 5.00. The van der Waals surface area contributed by atoms with Crippen LogP contribution in [0.4, 0.5) is 0 Å². The van der Waals surface area contributed by atoms with Gasteiger partial charge in [0.1, 0.15) is 0 Å². The predicted octanol–water partition coefficient (Wildman–Crippen LogP) is 3.36. The summed E-state index contributed by atoms with van der Waals surface area (Å²) >= 11 is 0. The van der Waals surface area contributed by atoms with E-state index >= 15 is 0 Å². The van der Waals surface area contributed by atoms with Gasteiger partial charge in [0.2, 0.25) is 0 Å². The van der Waals surface area contributed by atoms with Gasteiger partial charge >= 0.3 is 0 Å². The lowest BCUT2D eigenvalue weighted by atomic mass is 10.2. The zero-order chi connectivity index (χ0) is 10.1. The summed E-state index contributed by atoms with van der Waals surface area (Å²) in [6.07, 6.45) is 8.17.